The number of halogens is 3. The molecule has 2 N–H and O–H groups in total. The molecule has 0 radical (unpaired) electrons. The summed E-state index contributed by atoms with van der Waals surface area (Å²) in [5.41, 5.74) is 1.99. The van der Waals surface area contributed by atoms with Gasteiger partial charge in [0.1, 0.15) is 5.82 Å². The molecular formula is C29H29Cl3N4O. The van der Waals surface area contributed by atoms with E-state index < -0.39 is 0 Å². The van der Waals surface area contributed by atoms with Gasteiger partial charge in [-0.2, -0.15) is 0 Å². The Labute approximate surface area is 232 Å². The number of aromatic nitrogens is 2. The number of nitrogens with one attached hydrogen (secondary N) is 2. The molecule has 1 saturated heterocycles. The molecule has 1 aliphatic heterocycles. The molecule has 0 bridgehead atoms. The molecule has 192 valence electrons. The van der Waals surface area contributed by atoms with E-state index in [0.717, 1.165) is 12.8 Å². The SMILES string of the molecule is C#C/C=C(Cl)\C(=C/C)c1nc(NC(C)CC2CCC(C)N2)cc2c1ccc(=O)n2-c1c(Cl)cccc1Cl. The summed E-state index contributed by atoms with van der Waals surface area (Å²) >= 11 is 19.7. The lowest BCUT2D eigenvalue weighted by Crippen LogP contribution is -2.32. The Morgan fingerprint density at radius 3 is 2.65 bits per heavy atom. The molecule has 1 aliphatic rings. The van der Waals surface area contributed by atoms with Gasteiger partial charge in [-0.15, -0.1) is 6.42 Å². The summed E-state index contributed by atoms with van der Waals surface area (Å²) in [6, 6.07) is 11.3. The fourth-order valence-corrected chi connectivity index (χ4v) is 5.76. The minimum atomic E-state index is -0.268. The minimum Gasteiger partial charge on any atom is -0.367 e. The first-order chi connectivity index (χ1) is 17.7. The smallest absolute Gasteiger partial charge is 0.255 e. The largest absolute Gasteiger partial charge is 0.367 e. The van der Waals surface area contributed by atoms with Crippen molar-refractivity contribution in [1.82, 2.24) is 14.9 Å². The van der Waals surface area contributed by atoms with E-state index >= 15 is 0 Å². The number of anilines is 1. The van der Waals surface area contributed by atoms with Crippen LogP contribution in [0.15, 0.2) is 58.4 Å². The highest BCUT2D eigenvalue weighted by Crippen LogP contribution is 2.35. The number of benzene rings is 1. The fourth-order valence-electron chi connectivity index (χ4n) is 4.93. The summed E-state index contributed by atoms with van der Waals surface area (Å²) in [5.74, 6) is 3.08. The number of hydrogen-bond donors (Lipinski definition) is 2. The van der Waals surface area contributed by atoms with Gasteiger partial charge in [-0.3, -0.25) is 9.36 Å². The summed E-state index contributed by atoms with van der Waals surface area (Å²) in [4.78, 5) is 18.2. The summed E-state index contributed by atoms with van der Waals surface area (Å²) in [5, 5.41) is 8.97. The molecule has 3 heterocycles. The number of hydrogen-bond acceptors (Lipinski definition) is 4. The number of pyridine rings is 2. The lowest BCUT2D eigenvalue weighted by Gasteiger charge is -2.22. The Hall–Kier alpha value is -2.75. The van der Waals surface area contributed by atoms with Crippen LogP contribution in [-0.2, 0) is 0 Å². The Kier molecular flexibility index (Phi) is 8.67. The van der Waals surface area contributed by atoms with Crippen LogP contribution in [0.4, 0.5) is 5.82 Å². The third kappa shape index (κ3) is 5.89. The number of para-hydroxylation sites is 1. The molecular weight excluding hydrogens is 527 g/mol. The van der Waals surface area contributed by atoms with Gasteiger partial charge < -0.3 is 10.6 Å². The van der Waals surface area contributed by atoms with E-state index in [1.54, 1.807) is 24.3 Å². The van der Waals surface area contributed by atoms with Crippen LogP contribution in [0.5, 0.6) is 0 Å². The number of nitrogens with zero attached hydrogens (tertiary/aromatic N) is 2. The zero-order valence-corrected chi connectivity index (χ0v) is 23.3. The van der Waals surface area contributed by atoms with Crippen LogP contribution < -0.4 is 16.2 Å². The van der Waals surface area contributed by atoms with Gasteiger partial charge >= 0.3 is 0 Å². The van der Waals surface area contributed by atoms with Crippen molar-refractivity contribution in [1.29, 1.82) is 0 Å². The second kappa shape index (κ2) is 11.8. The van der Waals surface area contributed by atoms with Crippen molar-refractivity contribution < 1.29 is 0 Å². The minimum absolute atomic E-state index is 0.124. The van der Waals surface area contributed by atoms with Crippen LogP contribution in [0.1, 0.15) is 45.7 Å². The lowest BCUT2D eigenvalue weighted by atomic mass is 10.0. The third-order valence-corrected chi connectivity index (χ3v) is 7.49. The van der Waals surface area contributed by atoms with Crippen molar-refractivity contribution in [3.05, 3.63) is 79.7 Å². The number of allylic oxidation sites excluding steroid dienone is 4. The van der Waals surface area contributed by atoms with E-state index in [1.807, 2.05) is 19.1 Å². The van der Waals surface area contributed by atoms with Crippen LogP contribution in [0.3, 0.4) is 0 Å². The first kappa shape index (κ1) is 27.3. The van der Waals surface area contributed by atoms with E-state index in [-0.39, 0.29) is 11.6 Å². The topological polar surface area (TPSA) is 59.0 Å². The van der Waals surface area contributed by atoms with E-state index in [0.29, 0.717) is 60.8 Å². The Morgan fingerprint density at radius 2 is 2.03 bits per heavy atom. The maximum atomic E-state index is 13.2. The molecule has 3 unspecified atom stereocenters. The summed E-state index contributed by atoms with van der Waals surface area (Å²) in [6.07, 6.45) is 12.1. The highest BCUT2D eigenvalue weighted by atomic mass is 35.5. The molecule has 1 aromatic carbocycles. The Bertz CT molecular complexity index is 1460. The fraction of sp³-hybridized carbons (Fsp3) is 0.310. The summed E-state index contributed by atoms with van der Waals surface area (Å²) < 4.78 is 1.52. The maximum Gasteiger partial charge on any atom is 0.255 e. The molecule has 3 atom stereocenters. The molecule has 0 spiro atoms. The van der Waals surface area contributed by atoms with Gasteiger partial charge in [-0.05, 0) is 58.2 Å². The van der Waals surface area contributed by atoms with E-state index in [2.05, 4.69) is 30.4 Å². The number of terminal acetylenes is 1. The van der Waals surface area contributed by atoms with Crippen LogP contribution in [0.25, 0.3) is 22.2 Å². The third-order valence-electron chi connectivity index (χ3n) is 6.56. The summed E-state index contributed by atoms with van der Waals surface area (Å²) in [7, 11) is 0. The molecule has 5 nitrogen and oxygen atoms in total. The second-order valence-electron chi connectivity index (χ2n) is 9.35. The Balaban J connectivity index is 1.92. The highest BCUT2D eigenvalue weighted by Gasteiger charge is 2.23. The molecule has 8 heteroatoms. The highest BCUT2D eigenvalue weighted by molar-refractivity contribution is 6.38. The van der Waals surface area contributed by atoms with Crippen molar-refractivity contribution in [2.45, 2.75) is 58.2 Å². The quantitative estimate of drug-likeness (QED) is 0.239. The zero-order valence-electron chi connectivity index (χ0n) is 21.0. The average Bonchev–Trinajstić information content (AvgIpc) is 3.25. The van der Waals surface area contributed by atoms with Gasteiger partial charge in [0.15, 0.2) is 0 Å². The first-order valence-corrected chi connectivity index (χ1v) is 13.4. The molecule has 0 saturated carbocycles. The maximum absolute atomic E-state index is 13.2. The average molecular weight is 556 g/mol. The number of rotatable bonds is 7. The molecule has 1 fully saturated rings. The first-order valence-electron chi connectivity index (χ1n) is 12.3. The van der Waals surface area contributed by atoms with Crippen molar-refractivity contribution in [2.24, 2.45) is 0 Å². The van der Waals surface area contributed by atoms with Crippen molar-refractivity contribution >= 4 is 57.1 Å². The lowest BCUT2D eigenvalue weighted by molar-refractivity contribution is 0.500. The van der Waals surface area contributed by atoms with Crippen LogP contribution in [0, 0.1) is 12.3 Å². The molecule has 3 aromatic rings. The Morgan fingerprint density at radius 1 is 1.30 bits per heavy atom. The molecule has 0 amide bonds. The normalized spacial score (nSPS) is 19.2. The van der Waals surface area contributed by atoms with E-state index in [9.17, 15) is 4.79 Å². The predicted molar refractivity (Wildman–Crippen MR) is 157 cm³/mol. The molecule has 2 aromatic heterocycles. The van der Waals surface area contributed by atoms with Crippen LogP contribution in [-0.4, -0.2) is 27.7 Å². The summed E-state index contributed by atoms with van der Waals surface area (Å²) in [6.45, 7) is 6.20. The standard InChI is InChI=1S/C29H29Cl3N4O/c1-5-8-22(30)20(6-2)28-21-13-14-27(37)36(29-23(31)9-7-10-24(29)32)25(21)16-26(35-28)34-18(4)15-19-12-11-17(3)33-19/h1,6-10,13-14,16-19,33H,11-12,15H2,2-4H3,(H,34,35)/b20-6+,22-8+. The second-order valence-corrected chi connectivity index (χ2v) is 10.6. The van der Waals surface area contributed by atoms with Crippen LogP contribution >= 0.6 is 34.8 Å². The van der Waals surface area contributed by atoms with Gasteiger partial charge in [0.2, 0.25) is 0 Å². The monoisotopic (exact) mass is 554 g/mol. The van der Waals surface area contributed by atoms with Crippen LogP contribution in [0.2, 0.25) is 10.0 Å². The molecule has 37 heavy (non-hydrogen) atoms. The van der Waals surface area contributed by atoms with Gasteiger partial charge in [0, 0.05) is 47.3 Å². The van der Waals surface area contributed by atoms with Crippen molar-refractivity contribution in [3.63, 3.8) is 0 Å². The van der Waals surface area contributed by atoms with Crippen molar-refractivity contribution in [2.75, 3.05) is 5.32 Å². The van der Waals surface area contributed by atoms with E-state index in [1.165, 1.54) is 23.1 Å². The predicted octanol–water partition coefficient (Wildman–Crippen LogP) is 7.18. The van der Waals surface area contributed by atoms with Gasteiger partial charge in [0.25, 0.3) is 5.56 Å². The molecule has 0 aliphatic carbocycles. The van der Waals surface area contributed by atoms with Crippen molar-refractivity contribution in [3.8, 4) is 18.0 Å². The van der Waals surface area contributed by atoms with E-state index in [4.69, 9.17) is 46.2 Å². The molecule has 4 rings (SSSR count). The zero-order chi connectivity index (χ0) is 26.7. The number of fused-ring (bicyclic) bond motifs is 1. The van der Waals surface area contributed by atoms with Gasteiger partial charge in [-0.1, -0.05) is 52.9 Å². The van der Waals surface area contributed by atoms with Gasteiger partial charge in [0.05, 0.1) is 32.0 Å². The van der Waals surface area contributed by atoms with Gasteiger partial charge in [-0.25, -0.2) is 4.98 Å².